The third-order valence-corrected chi connectivity index (χ3v) is 1.72. The minimum Gasteiger partial charge on any atom is -0.378 e. The zero-order valence-electron chi connectivity index (χ0n) is 10.3. The van der Waals surface area contributed by atoms with E-state index in [0.717, 1.165) is 0 Å². The quantitative estimate of drug-likeness (QED) is 0.299. The van der Waals surface area contributed by atoms with Crippen LogP contribution in [0, 0.1) is 0 Å². The Kier molecular flexibility index (Phi) is 15.5. The highest BCUT2D eigenvalue weighted by Gasteiger charge is 1.92. The van der Waals surface area contributed by atoms with Crippen molar-refractivity contribution in [3.05, 3.63) is 0 Å². The molecule has 0 bridgehead atoms. The van der Waals surface area contributed by atoms with Gasteiger partial charge in [-0.3, -0.25) is 0 Å². The van der Waals surface area contributed by atoms with Crippen LogP contribution in [0.3, 0.4) is 0 Å². The van der Waals surface area contributed by atoms with Gasteiger partial charge in [0.1, 0.15) is 0 Å². The molecule has 0 amide bonds. The van der Waals surface area contributed by atoms with Crippen LogP contribution in [0.25, 0.3) is 0 Å². The highest BCUT2D eigenvalue weighted by molar-refractivity contribution is 4.35. The monoisotopic (exact) mass is 252 g/mol. The molecule has 104 valence electrons. The Labute approximate surface area is 102 Å². The first-order valence-electron chi connectivity index (χ1n) is 5.74. The van der Waals surface area contributed by atoms with Gasteiger partial charge in [-0.1, -0.05) is 0 Å². The molecule has 0 aromatic heterocycles. The third-order valence-electron chi connectivity index (χ3n) is 1.72. The number of rotatable bonds is 14. The fourth-order valence-electron chi connectivity index (χ4n) is 0.952. The van der Waals surface area contributed by atoms with E-state index in [0.29, 0.717) is 66.0 Å². The summed E-state index contributed by atoms with van der Waals surface area (Å²) in [5, 5.41) is 0. The van der Waals surface area contributed by atoms with Gasteiger partial charge in [-0.2, -0.15) is 0 Å². The lowest BCUT2D eigenvalue weighted by Gasteiger charge is -2.06. The Bertz CT molecular complexity index is 126. The van der Waals surface area contributed by atoms with E-state index in [9.17, 15) is 0 Å². The van der Waals surface area contributed by atoms with Gasteiger partial charge in [-0.25, -0.2) is 5.90 Å². The average molecular weight is 252 g/mol. The minimum absolute atomic E-state index is 0.395. The maximum atomic E-state index is 5.26. The van der Waals surface area contributed by atoms with E-state index in [2.05, 4.69) is 4.84 Å². The van der Waals surface area contributed by atoms with Gasteiger partial charge >= 0.3 is 0 Å². The molecule has 0 aliphatic carbocycles. The summed E-state index contributed by atoms with van der Waals surface area (Å²) in [6, 6.07) is 0. The summed E-state index contributed by atoms with van der Waals surface area (Å²) in [6.45, 7) is 5.29. The van der Waals surface area contributed by atoms with Gasteiger partial charge in [-0.05, 0) is 0 Å². The van der Waals surface area contributed by atoms with Crippen LogP contribution in [0.15, 0.2) is 0 Å². The Morgan fingerprint density at radius 3 is 1.24 bits per heavy atom. The van der Waals surface area contributed by atoms with Crippen molar-refractivity contribution >= 4 is 0 Å². The predicted octanol–water partition coefficient (Wildman–Crippen LogP) is -1.10. The molecule has 17 heavy (non-hydrogen) atoms. The first-order chi connectivity index (χ1) is 8.41. The van der Waals surface area contributed by atoms with Gasteiger partial charge in [0.2, 0.25) is 0 Å². The first kappa shape index (κ1) is 16.7. The van der Waals surface area contributed by atoms with E-state index in [1.54, 1.807) is 0 Å². The second-order valence-corrected chi connectivity index (χ2v) is 3.11. The molecule has 0 aliphatic heterocycles. The van der Waals surface area contributed by atoms with Crippen LogP contribution in [-0.4, -0.2) is 66.0 Å². The van der Waals surface area contributed by atoms with Gasteiger partial charge in [0.15, 0.2) is 0 Å². The van der Waals surface area contributed by atoms with E-state index < -0.39 is 0 Å². The summed E-state index contributed by atoms with van der Waals surface area (Å²) in [7, 11) is 0. The lowest BCUT2D eigenvalue weighted by molar-refractivity contribution is -0.0107. The molecule has 0 unspecified atom stereocenters. The standard InChI is InChI=1S/C10H24N2O5/c11-1-2-13-3-4-14-5-6-15-7-8-16-9-10-17-12/h1-12H2. The summed E-state index contributed by atoms with van der Waals surface area (Å²) in [4.78, 5) is 4.34. The van der Waals surface area contributed by atoms with Crippen molar-refractivity contribution in [2.75, 3.05) is 66.0 Å². The summed E-state index contributed by atoms with van der Waals surface area (Å²) < 4.78 is 20.8. The van der Waals surface area contributed by atoms with Crippen molar-refractivity contribution < 1.29 is 23.8 Å². The summed E-state index contributed by atoms with van der Waals surface area (Å²) in [5.41, 5.74) is 5.26. The maximum Gasteiger partial charge on any atom is 0.0913 e. The van der Waals surface area contributed by atoms with E-state index in [4.69, 9.17) is 30.6 Å². The molecule has 0 radical (unpaired) electrons. The molecule has 0 aromatic rings. The van der Waals surface area contributed by atoms with E-state index in [1.165, 1.54) is 0 Å². The van der Waals surface area contributed by atoms with Gasteiger partial charge in [0.05, 0.1) is 59.5 Å². The van der Waals surface area contributed by atoms with Crippen LogP contribution >= 0.6 is 0 Å². The molecule has 0 spiro atoms. The smallest absolute Gasteiger partial charge is 0.0913 e. The molecular formula is C10H24N2O5. The Morgan fingerprint density at radius 1 is 0.529 bits per heavy atom. The van der Waals surface area contributed by atoms with Crippen molar-refractivity contribution in [1.29, 1.82) is 0 Å². The van der Waals surface area contributed by atoms with Crippen LogP contribution in [0.5, 0.6) is 0 Å². The van der Waals surface area contributed by atoms with E-state index >= 15 is 0 Å². The number of nitrogens with two attached hydrogens (primary N) is 2. The molecule has 0 aromatic carbocycles. The molecular weight excluding hydrogens is 228 g/mol. The van der Waals surface area contributed by atoms with E-state index in [1.807, 2.05) is 0 Å². The Hall–Kier alpha value is -0.280. The normalized spacial score (nSPS) is 10.9. The molecule has 7 nitrogen and oxygen atoms in total. The fourth-order valence-corrected chi connectivity index (χ4v) is 0.952. The molecule has 0 saturated carbocycles. The molecule has 0 atom stereocenters. The lowest BCUT2D eigenvalue weighted by Crippen LogP contribution is -2.15. The van der Waals surface area contributed by atoms with Gasteiger partial charge < -0.3 is 29.5 Å². The SMILES string of the molecule is NCCOCCOCCOCCOCCON. The van der Waals surface area contributed by atoms with E-state index in [-0.39, 0.29) is 0 Å². The van der Waals surface area contributed by atoms with Gasteiger partial charge in [-0.15, -0.1) is 0 Å². The highest BCUT2D eigenvalue weighted by atomic mass is 16.6. The second kappa shape index (κ2) is 15.7. The van der Waals surface area contributed by atoms with Gasteiger partial charge in [0, 0.05) is 6.54 Å². The van der Waals surface area contributed by atoms with Crippen molar-refractivity contribution in [2.24, 2.45) is 11.6 Å². The molecule has 0 aliphatic rings. The summed E-state index contributed by atoms with van der Waals surface area (Å²) in [5.74, 6) is 4.82. The fraction of sp³-hybridized carbons (Fsp3) is 1.00. The van der Waals surface area contributed by atoms with Crippen molar-refractivity contribution in [3.8, 4) is 0 Å². The third kappa shape index (κ3) is 15.7. The first-order valence-corrected chi connectivity index (χ1v) is 5.74. The van der Waals surface area contributed by atoms with Crippen LogP contribution in [0.1, 0.15) is 0 Å². The van der Waals surface area contributed by atoms with Crippen LogP contribution in [0.2, 0.25) is 0 Å². The van der Waals surface area contributed by atoms with Crippen LogP contribution < -0.4 is 11.6 Å². The lowest BCUT2D eigenvalue weighted by atomic mass is 10.7. The topological polar surface area (TPSA) is 98.2 Å². The molecule has 0 fully saturated rings. The van der Waals surface area contributed by atoms with Crippen LogP contribution in [0.4, 0.5) is 0 Å². The molecule has 0 rings (SSSR count). The average Bonchev–Trinajstić information content (AvgIpc) is 2.35. The number of ether oxygens (including phenoxy) is 4. The number of hydrogen-bond donors (Lipinski definition) is 2. The predicted molar refractivity (Wildman–Crippen MR) is 62.5 cm³/mol. The van der Waals surface area contributed by atoms with Crippen molar-refractivity contribution in [3.63, 3.8) is 0 Å². The summed E-state index contributed by atoms with van der Waals surface area (Å²) in [6.07, 6.45) is 0. The largest absolute Gasteiger partial charge is 0.378 e. The van der Waals surface area contributed by atoms with Crippen LogP contribution in [-0.2, 0) is 23.8 Å². The molecule has 4 N–H and O–H groups in total. The Morgan fingerprint density at radius 2 is 0.882 bits per heavy atom. The Balaban J connectivity index is 2.85. The number of hydrogen-bond acceptors (Lipinski definition) is 7. The minimum atomic E-state index is 0.395. The highest BCUT2D eigenvalue weighted by Crippen LogP contribution is 1.82. The van der Waals surface area contributed by atoms with Crippen molar-refractivity contribution in [1.82, 2.24) is 0 Å². The molecule has 0 saturated heterocycles. The van der Waals surface area contributed by atoms with Gasteiger partial charge in [0.25, 0.3) is 0 Å². The molecule has 0 heterocycles. The second-order valence-electron chi connectivity index (χ2n) is 3.11. The van der Waals surface area contributed by atoms with Crippen molar-refractivity contribution in [2.45, 2.75) is 0 Å². The maximum absolute atomic E-state index is 5.26. The zero-order valence-corrected chi connectivity index (χ0v) is 10.3. The zero-order chi connectivity index (χ0) is 12.6. The molecule has 7 heteroatoms. The summed E-state index contributed by atoms with van der Waals surface area (Å²) >= 11 is 0.